The van der Waals surface area contributed by atoms with E-state index in [0.29, 0.717) is 6.61 Å². The third-order valence-corrected chi connectivity index (χ3v) is 2.92. The van der Waals surface area contributed by atoms with Crippen molar-refractivity contribution in [3.8, 4) is 0 Å². The molecule has 0 amide bonds. The Morgan fingerprint density at radius 2 is 2.07 bits per heavy atom. The van der Waals surface area contributed by atoms with Crippen LogP contribution in [-0.2, 0) is 14.9 Å². The molecule has 6 nitrogen and oxygen atoms in total. The molecule has 0 bridgehead atoms. The van der Waals surface area contributed by atoms with Gasteiger partial charge in [0.1, 0.15) is 0 Å². The van der Waals surface area contributed by atoms with Crippen LogP contribution in [0.5, 0.6) is 0 Å². The van der Waals surface area contributed by atoms with Crippen molar-refractivity contribution in [3.63, 3.8) is 0 Å². The Morgan fingerprint density at radius 1 is 1.40 bits per heavy atom. The van der Waals surface area contributed by atoms with E-state index in [1.807, 2.05) is 6.92 Å². The van der Waals surface area contributed by atoms with Crippen molar-refractivity contribution in [2.45, 2.75) is 25.8 Å². The maximum atomic E-state index is 11.3. The Bertz CT molecular complexity index is 244. The van der Waals surface area contributed by atoms with Crippen molar-refractivity contribution in [3.05, 3.63) is 0 Å². The van der Waals surface area contributed by atoms with Gasteiger partial charge in [-0.15, -0.1) is 0 Å². The van der Waals surface area contributed by atoms with Crippen LogP contribution < -0.4 is 15.2 Å². The smallest absolute Gasteiger partial charge is 0.277 e. The van der Waals surface area contributed by atoms with Gasteiger partial charge in [-0.25, -0.2) is 4.72 Å². The molecule has 0 rings (SSSR count). The summed E-state index contributed by atoms with van der Waals surface area (Å²) in [7, 11) is -1.91. The fourth-order valence-electron chi connectivity index (χ4n) is 1.02. The molecular weight excluding hydrogens is 218 g/mol. The molecule has 0 spiro atoms. The molecule has 0 saturated heterocycles. The lowest BCUT2D eigenvalue weighted by molar-refractivity contribution is 0.204. The number of methoxy groups -OCH3 is 1. The van der Waals surface area contributed by atoms with Gasteiger partial charge in [-0.2, -0.15) is 13.1 Å². The topological polar surface area (TPSA) is 93.5 Å². The zero-order valence-electron chi connectivity index (χ0n) is 9.32. The van der Waals surface area contributed by atoms with Gasteiger partial charge in [0.2, 0.25) is 0 Å². The van der Waals surface area contributed by atoms with Gasteiger partial charge in [-0.05, 0) is 6.42 Å². The minimum atomic E-state index is -3.43. The molecule has 0 radical (unpaired) electrons. The highest BCUT2D eigenvalue weighted by Crippen LogP contribution is 1.91. The molecule has 0 heterocycles. The van der Waals surface area contributed by atoms with Crippen LogP contribution in [0.2, 0.25) is 0 Å². The fraction of sp³-hybridized carbons (Fsp3) is 1.00. The summed E-state index contributed by atoms with van der Waals surface area (Å²) in [6, 6.07) is -0.131. The van der Waals surface area contributed by atoms with Crippen LogP contribution in [0.25, 0.3) is 0 Å². The zero-order valence-corrected chi connectivity index (χ0v) is 10.1. The van der Waals surface area contributed by atoms with Crippen molar-refractivity contribution in [2.75, 3.05) is 26.8 Å². The van der Waals surface area contributed by atoms with Gasteiger partial charge < -0.3 is 10.5 Å². The Morgan fingerprint density at radius 3 is 2.60 bits per heavy atom. The summed E-state index contributed by atoms with van der Waals surface area (Å²) in [4.78, 5) is 0. The van der Waals surface area contributed by atoms with E-state index in [1.165, 1.54) is 7.11 Å². The predicted octanol–water partition coefficient (Wildman–Crippen LogP) is -0.816. The molecule has 92 valence electrons. The molecule has 0 aliphatic rings. The third-order valence-electron chi connectivity index (χ3n) is 1.79. The summed E-state index contributed by atoms with van der Waals surface area (Å²) in [5, 5.41) is 0. The van der Waals surface area contributed by atoms with E-state index in [9.17, 15) is 8.42 Å². The van der Waals surface area contributed by atoms with E-state index in [-0.39, 0.29) is 19.1 Å². The number of hydrogen-bond acceptors (Lipinski definition) is 4. The average molecular weight is 239 g/mol. The number of nitrogens with two attached hydrogens (primary N) is 1. The maximum absolute atomic E-state index is 11.3. The van der Waals surface area contributed by atoms with E-state index < -0.39 is 10.2 Å². The molecule has 0 aromatic heterocycles. The van der Waals surface area contributed by atoms with Crippen LogP contribution >= 0.6 is 0 Å². The first-order valence-electron chi connectivity index (χ1n) is 5.00. The molecule has 0 fully saturated rings. The summed E-state index contributed by atoms with van der Waals surface area (Å²) >= 11 is 0. The first-order chi connectivity index (χ1) is 7.02. The second-order valence-electron chi connectivity index (χ2n) is 3.29. The molecule has 0 saturated carbocycles. The standard InChI is InChI=1S/C8H21N3O3S/c1-3-4-8(9)7-11-15(12,13)10-5-6-14-2/h8,10-11H,3-7,9H2,1-2H3. The maximum Gasteiger partial charge on any atom is 0.277 e. The van der Waals surface area contributed by atoms with Gasteiger partial charge in [0.25, 0.3) is 10.2 Å². The SMILES string of the molecule is CCCC(N)CNS(=O)(=O)NCCOC. The molecule has 0 aliphatic heterocycles. The molecule has 15 heavy (non-hydrogen) atoms. The summed E-state index contributed by atoms with van der Waals surface area (Å²) in [5.41, 5.74) is 5.67. The van der Waals surface area contributed by atoms with Crippen LogP contribution in [0.1, 0.15) is 19.8 Å². The van der Waals surface area contributed by atoms with Gasteiger partial charge in [0, 0.05) is 26.2 Å². The van der Waals surface area contributed by atoms with Crippen LogP contribution in [0.3, 0.4) is 0 Å². The van der Waals surface area contributed by atoms with Crippen molar-refractivity contribution < 1.29 is 13.2 Å². The third kappa shape index (κ3) is 8.76. The van der Waals surface area contributed by atoms with Gasteiger partial charge >= 0.3 is 0 Å². The first kappa shape index (κ1) is 14.8. The lowest BCUT2D eigenvalue weighted by atomic mass is 10.2. The highest BCUT2D eigenvalue weighted by Gasteiger charge is 2.10. The molecule has 0 aliphatic carbocycles. The van der Waals surface area contributed by atoms with E-state index in [4.69, 9.17) is 10.5 Å². The van der Waals surface area contributed by atoms with Crippen molar-refractivity contribution in [1.82, 2.24) is 9.44 Å². The van der Waals surface area contributed by atoms with E-state index >= 15 is 0 Å². The molecule has 7 heteroatoms. The monoisotopic (exact) mass is 239 g/mol. The molecular formula is C8H21N3O3S. The zero-order chi connectivity index (χ0) is 11.7. The molecule has 4 N–H and O–H groups in total. The minimum Gasteiger partial charge on any atom is -0.383 e. The molecule has 1 unspecified atom stereocenters. The molecule has 0 aromatic rings. The Kier molecular flexibility index (Phi) is 7.89. The predicted molar refractivity (Wildman–Crippen MR) is 59.7 cm³/mol. The second kappa shape index (κ2) is 8.00. The highest BCUT2D eigenvalue weighted by molar-refractivity contribution is 7.87. The van der Waals surface area contributed by atoms with Crippen LogP contribution in [0, 0.1) is 0 Å². The average Bonchev–Trinajstić information content (AvgIpc) is 2.16. The second-order valence-corrected chi connectivity index (χ2v) is 4.87. The lowest BCUT2D eigenvalue weighted by Gasteiger charge is -2.12. The number of nitrogens with one attached hydrogen (secondary N) is 2. The van der Waals surface area contributed by atoms with Gasteiger partial charge in [-0.1, -0.05) is 13.3 Å². The van der Waals surface area contributed by atoms with Crippen LogP contribution in [0.4, 0.5) is 0 Å². The minimum absolute atomic E-state index is 0.131. The lowest BCUT2D eigenvalue weighted by Crippen LogP contribution is -2.43. The summed E-state index contributed by atoms with van der Waals surface area (Å²) in [6.45, 7) is 2.87. The quantitative estimate of drug-likeness (QED) is 0.458. The first-order valence-corrected chi connectivity index (χ1v) is 6.49. The van der Waals surface area contributed by atoms with Crippen molar-refractivity contribution in [2.24, 2.45) is 5.73 Å². The Balaban J connectivity index is 3.73. The Hall–Kier alpha value is -0.210. The highest BCUT2D eigenvalue weighted by atomic mass is 32.2. The van der Waals surface area contributed by atoms with E-state index in [0.717, 1.165) is 12.8 Å². The van der Waals surface area contributed by atoms with Crippen molar-refractivity contribution >= 4 is 10.2 Å². The fourth-order valence-corrected chi connectivity index (χ4v) is 1.91. The number of hydrogen-bond donors (Lipinski definition) is 3. The van der Waals surface area contributed by atoms with Gasteiger partial charge in [0.05, 0.1) is 6.61 Å². The summed E-state index contributed by atoms with van der Waals surface area (Å²) in [6.07, 6.45) is 1.75. The summed E-state index contributed by atoms with van der Waals surface area (Å²) < 4.78 is 32.0. The van der Waals surface area contributed by atoms with Gasteiger partial charge in [-0.3, -0.25) is 0 Å². The molecule has 0 aromatic carbocycles. The number of rotatable bonds is 9. The van der Waals surface area contributed by atoms with E-state index in [1.54, 1.807) is 0 Å². The van der Waals surface area contributed by atoms with Crippen LogP contribution in [0.15, 0.2) is 0 Å². The summed E-state index contributed by atoms with van der Waals surface area (Å²) in [5.74, 6) is 0. The number of ether oxygens (including phenoxy) is 1. The van der Waals surface area contributed by atoms with E-state index in [2.05, 4.69) is 9.44 Å². The van der Waals surface area contributed by atoms with Crippen molar-refractivity contribution in [1.29, 1.82) is 0 Å². The van der Waals surface area contributed by atoms with Gasteiger partial charge in [0.15, 0.2) is 0 Å². The normalized spacial score (nSPS) is 14.1. The van der Waals surface area contributed by atoms with Crippen LogP contribution in [-0.4, -0.2) is 41.3 Å². The molecule has 1 atom stereocenters. The largest absolute Gasteiger partial charge is 0.383 e. The Labute approximate surface area is 91.7 Å².